The number of aromatic nitrogens is 3. The Hall–Kier alpha value is -2.53. The summed E-state index contributed by atoms with van der Waals surface area (Å²) in [5, 5.41) is 1.12. The number of hydrogen-bond donors (Lipinski definition) is 0. The van der Waals surface area contributed by atoms with Gasteiger partial charge >= 0.3 is 0 Å². The van der Waals surface area contributed by atoms with Crippen LogP contribution >= 0.6 is 0 Å². The van der Waals surface area contributed by atoms with Crippen molar-refractivity contribution in [2.24, 2.45) is 5.92 Å². The average molecular weight is 347 g/mol. The van der Waals surface area contributed by atoms with Crippen molar-refractivity contribution >= 4 is 16.7 Å². The highest BCUT2D eigenvalue weighted by molar-refractivity contribution is 5.91. The zero-order valence-corrected chi connectivity index (χ0v) is 15.6. The summed E-state index contributed by atoms with van der Waals surface area (Å²) in [6.45, 7) is 4.18. The molecule has 5 heteroatoms. The van der Waals surface area contributed by atoms with Gasteiger partial charge in [0.2, 0.25) is 0 Å². The first-order valence-corrected chi connectivity index (χ1v) is 9.17. The minimum Gasteiger partial charge on any atom is -0.359 e. The summed E-state index contributed by atoms with van der Waals surface area (Å²) >= 11 is 0. The molecule has 0 unspecified atom stereocenters. The normalized spacial score (nSPS) is 20.6. The van der Waals surface area contributed by atoms with Gasteiger partial charge in [0.25, 0.3) is 0 Å². The number of benzene rings is 1. The predicted octanol–water partition coefficient (Wildman–Crippen LogP) is 3.46. The van der Waals surface area contributed by atoms with Crippen LogP contribution in [0.1, 0.15) is 23.6 Å². The Kier molecular flexibility index (Phi) is 4.55. The number of aryl methyl sites for hydroxylation is 1. The molecule has 1 saturated heterocycles. The maximum absolute atomic E-state index is 4.60. The third kappa shape index (κ3) is 3.03. The summed E-state index contributed by atoms with van der Waals surface area (Å²) < 4.78 is 0. The quantitative estimate of drug-likeness (QED) is 0.723. The van der Waals surface area contributed by atoms with Gasteiger partial charge in [-0.25, -0.2) is 9.97 Å². The van der Waals surface area contributed by atoms with Crippen LogP contribution in [0.5, 0.6) is 0 Å². The Labute approximate surface area is 154 Å². The third-order valence-corrected chi connectivity index (χ3v) is 5.52. The van der Waals surface area contributed by atoms with Crippen LogP contribution in [0.15, 0.2) is 49.1 Å². The number of pyridine rings is 1. The molecule has 0 N–H and O–H groups in total. The number of rotatable bonds is 4. The standard InChI is InChI=1S/C21H25N5/c1-15-6-4-8-18-19(15)23-14-24-21(18)26(3)13-17-9-11-25(2)20(17)16-7-5-10-22-12-16/h4-8,10,12,14,17,20H,9,11,13H2,1-3H3/t17-,20-/m0/s1. The number of anilines is 1. The van der Waals surface area contributed by atoms with Crippen molar-refractivity contribution in [1.29, 1.82) is 0 Å². The Bertz CT molecular complexity index is 895. The number of likely N-dealkylation sites (tertiary alicyclic amines) is 1. The minimum atomic E-state index is 0.404. The molecule has 0 bridgehead atoms. The average Bonchev–Trinajstić information content (AvgIpc) is 3.02. The molecule has 2 atom stereocenters. The van der Waals surface area contributed by atoms with E-state index < -0.39 is 0 Å². The predicted molar refractivity (Wildman–Crippen MR) is 105 cm³/mol. The second-order valence-electron chi connectivity index (χ2n) is 7.31. The lowest BCUT2D eigenvalue weighted by Gasteiger charge is -2.29. The molecule has 0 aliphatic carbocycles. The fourth-order valence-corrected chi connectivity index (χ4v) is 4.26. The van der Waals surface area contributed by atoms with E-state index in [1.165, 1.54) is 17.5 Å². The molecule has 0 spiro atoms. The second-order valence-corrected chi connectivity index (χ2v) is 7.31. The van der Waals surface area contributed by atoms with Crippen molar-refractivity contribution in [3.8, 4) is 0 Å². The van der Waals surface area contributed by atoms with Gasteiger partial charge in [0.1, 0.15) is 12.1 Å². The van der Waals surface area contributed by atoms with E-state index in [2.05, 4.69) is 70.0 Å². The third-order valence-electron chi connectivity index (χ3n) is 5.52. The van der Waals surface area contributed by atoms with Crippen LogP contribution in [-0.2, 0) is 0 Å². The lowest BCUT2D eigenvalue weighted by Crippen LogP contribution is -2.30. The van der Waals surface area contributed by atoms with Crippen molar-refractivity contribution in [3.63, 3.8) is 0 Å². The van der Waals surface area contributed by atoms with Gasteiger partial charge in [-0.3, -0.25) is 9.88 Å². The number of hydrogen-bond acceptors (Lipinski definition) is 5. The van der Waals surface area contributed by atoms with E-state index in [0.717, 1.165) is 29.8 Å². The Balaban J connectivity index is 1.62. The van der Waals surface area contributed by atoms with Crippen molar-refractivity contribution in [2.75, 3.05) is 32.1 Å². The zero-order valence-electron chi connectivity index (χ0n) is 15.6. The second kappa shape index (κ2) is 7.00. The van der Waals surface area contributed by atoms with Gasteiger partial charge < -0.3 is 4.90 Å². The largest absolute Gasteiger partial charge is 0.359 e. The molecule has 134 valence electrons. The first-order chi connectivity index (χ1) is 12.6. The van der Waals surface area contributed by atoms with Crippen LogP contribution in [0.25, 0.3) is 10.9 Å². The van der Waals surface area contributed by atoms with Crippen molar-refractivity contribution in [1.82, 2.24) is 19.9 Å². The van der Waals surface area contributed by atoms with Crippen LogP contribution < -0.4 is 4.90 Å². The Morgan fingerprint density at radius 1 is 1.19 bits per heavy atom. The molecule has 4 rings (SSSR count). The van der Waals surface area contributed by atoms with Gasteiger partial charge in [-0.2, -0.15) is 0 Å². The molecule has 2 aromatic heterocycles. The minimum absolute atomic E-state index is 0.404. The van der Waals surface area contributed by atoms with Crippen molar-refractivity contribution < 1.29 is 0 Å². The molecule has 3 aromatic rings. The summed E-state index contributed by atoms with van der Waals surface area (Å²) in [6.07, 6.45) is 6.71. The SMILES string of the molecule is Cc1cccc2c(N(C)C[C@@H]3CCN(C)[C@H]3c3cccnc3)ncnc12. The van der Waals surface area contributed by atoms with Crippen molar-refractivity contribution in [3.05, 3.63) is 60.2 Å². The van der Waals surface area contributed by atoms with E-state index >= 15 is 0 Å². The van der Waals surface area contributed by atoms with E-state index in [4.69, 9.17) is 0 Å². The maximum atomic E-state index is 4.60. The molecule has 1 aliphatic rings. The number of nitrogens with zero attached hydrogens (tertiary/aromatic N) is 5. The molecule has 26 heavy (non-hydrogen) atoms. The summed E-state index contributed by atoms with van der Waals surface area (Å²) in [4.78, 5) is 18.1. The topological polar surface area (TPSA) is 45.2 Å². The molecular formula is C21H25N5. The lowest BCUT2D eigenvalue weighted by atomic mass is 9.94. The Morgan fingerprint density at radius 3 is 2.88 bits per heavy atom. The molecule has 1 aliphatic heterocycles. The van der Waals surface area contributed by atoms with Crippen LogP contribution in [0, 0.1) is 12.8 Å². The van der Waals surface area contributed by atoms with Gasteiger partial charge in [-0.1, -0.05) is 18.2 Å². The number of para-hydroxylation sites is 1. The van der Waals surface area contributed by atoms with Gasteiger partial charge in [-0.15, -0.1) is 0 Å². The maximum Gasteiger partial charge on any atom is 0.139 e. The molecule has 1 aromatic carbocycles. The van der Waals surface area contributed by atoms with Gasteiger partial charge in [0, 0.05) is 37.4 Å². The van der Waals surface area contributed by atoms with E-state index in [0.29, 0.717) is 12.0 Å². The van der Waals surface area contributed by atoms with Gasteiger partial charge in [0.05, 0.1) is 5.52 Å². The van der Waals surface area contributed by atoms with E-state index in [-0.39, 0.29) is 0 Å². The first-order valence-electron chi connectivity index (χ1n) is 9.17. The molecule has 0 saturated carbocycles. The summed E-state index contributed by atoms with van der Waals surface area (Å²) in [5.74, 6) is 1.56. The van der Waals surface area contributed by atoms with E-state index in [1.54, 1.807) is 6.33 Å². The highest BCUT2D eigenvalue weighted by atomic mass is 15.2. The van der Waals surface area contributed by atoms with Crippen LogP contribution in [0.3, 0.4) is 0 Å². The molecule has 0 radical (unpaired) electrons. The van der Waals surface area contributed by atoms with Crippen LogP contribution in [-0.4, -0.2) is 47.0 Å². The van der Waals surface area contributed by atoms with Gasteiger partial charge in [-0.05, 0) is 56.1 Å². The van der Waals surface area contributed by atoms with Crippen molar-refractivity contribution in [2.45, 2.75) is 19.4 Å². The summed E-state index contributed by atoms with van der Waals surface area (Å²) in [6, 6.07) is 10.9. The van der Waals surface area contributed by atoms with E-state index in [9.17, 15) is 0 Å². The first kappa shape index (κ1) is 16.9. The van der Waals surface area contributed by atoms with Crippen LogP contribution in [0.2, 0.25) is 0 Å². The highest BCUT2D eigenvalue weighted by Gasteiger charge is 2.34. The molecule has 1 fully saturated rings. The number of fused-ring (bicyclic) bond motifs is 1. The Morgan fingerprint density at radius 2 is 2.08 bits per heavy atom. The van der Waals surface area contributed by atoms with Gasteiger partial charge in [0.15, 0.2) is 0 Å². The summed E-state index contributed by atoms with van der Waals surface area (Å²) in [5.41, 5.74) is 3.53. The summed E-state index contributed by atoms with van der Waals surface area (Å²) in [7, 11) is 4.35. The zero-order chi connectivity index (χ0) is 18.1. The molecule has 5 nitrogen and oxygen atoms in total. The fraction of sp³-hybridized carbons (Fsp3) is 0.381. The fourth-order valence-electron chi connectivity index (χ4n) is 4.26. The van der Waals surface area contributed by atoms with E-state index in [1.807, 2.05) is 18.5 Å². The lowest BCUT2D eigenvalue weighted by molar-refractivity contribution is 0.278. The molecular weight excluding hydrogens is 322 g/mol. The highest BCUT2D eigenvalue weighted by Crippen LogP contribution is 2.37. The van der Waals surface area contributed by atoms with Crippen LogP contribution in [0.4, 0.5) is 5.82 Å². The smallest absolute Gasteiger partial charge is 0.139 e. The molecule has 0 amide bonds. The molecule has 3 heterocycles. The monoisotopic (exact) mass is 347 g/mol.